The summed E-state index contributed by atoms with van der Waals surface area (Å²) in [5, 5.41) is 16.8. The standard InChI is InChI=1S/C22H24N4O5S/c1-3-31-21(28)19-13(2)24-22-25(20(19)15-5-4-6-16(9-15)26(29)30)17(12-32-22)10-18(27)23-11-14-7-8-14/h4-6,9,12,14,20H,3,7-8,10-11H2,1-2H3,(H,23,27)/t20-/m0/s1. The number of benzene rings is 1. The Labute approximate surface area is 189 Å². The van der Waals surface area contributed by atoms with E-state index in [1.54, 1.807) is 26.0 Å². The van der Waals surface area contributed by atoms with Crippen molar-refractivity contribution < 1.29 is 19.2 Å². The van der Waals surface area contributed by atoms with Crippen LogP contribution in [0.5, 0.6) is 0 Å². The molecule has 10 heteroatoms. The van der Waals surface area contributed by atoms with E-state index >= 15 is 0 Å². The van der Waals surface area contributed by atoms with E-state index in [0.717, 1.165) is 12.8 Å². The molecule has 1 aromatic rings. The van der Waals surface area contributed by atoms with Gasteiger partial charge in [-0.1, -0.05) is 23.9 Å². The molecule has 1 saturated carbocycles. The summed E-state index contributed by atoms with van der Waals surface area (Å²) in [6.45, 7) is 4.30. The first-order valence-corrected chi connectivity index (χ1v) is 11.4. The Bertz CT molecular complexity index is 1060. The molecule has 4 rings (SSSR count). The highest BCUT2D eigenvalue weighted by atomic mass is 32.2. The number of thioether (sulfide) groups is 1. The topological polar surface area (TPSA) is 114 Å². The number of allylic oxidation sites excluding steroid dienone is 1. The average molecular weight is 457 g/mol. The van der Waals surface area contributed by atoms with Gasteiger partial charge in [0.25, 0.3) is 5.69 Å². The zero-order valence-electron chi connectivity index (χ0n) is 17.9. The summed E-state index contributed by atoms with van der Waals surface area (Å²) in [6.07, 6.45) is 2.41. The van der Waals surface area contributed by atoms with Crippen molar-refractivity contribution in [2.45, 2.75) is 39.2 Å². The number of aliphatic imine (C=N–C) groups is 1. The van der Waals surface area contributed by atoms with E-state index in [1.165, 1.54) is 23.9 Å². The number of amidine groups is 1. The molecule has 2 aliphatic heterocycles. The molecular weight excluding hydrogens is 432 g/mol. The van der Waals surface area contributed by atoms with Crippen molar-refractivity contribution >= 4 is 34.5 Å². The molecule has 0 spiro atoms. The van der Waals surface area contributed by atoms with Gasteiger partial charge in [-0.2, -0.15) is 0 Å². The van der Waals surface area contributed by atoms with E-state index in [4.69, 9.17) is 4.74 Å². The van der Waals surface area contributed by atoms with Gasteiger partial charge in [0.05, 0.1) is 35.3 Å². The number of non-ortho nitro benzene ring substituents is 1. The number of rotatable bonds is 8. The smallest absolute Gasteiger partial charge is 0.338 e. The number of fused-ring (bicyclic) bond motifs is 1. The van der Waals surface area contributed by atoms with E-state index < -0.39 is 16.9 Å². The molecule has 0 aromatic heterocycles. The third-order valence-electron chi connectivity index (χ3n) is 5.52. The molecule has 1 atom stereocenters. The van der Waals surface area contributed by atoms with Crippen molar-refractivity contribution in [1.82, 2.24) is 10.2 Å². The molecule has 0 unspecified atom stereocenters. The highest BCUT2D eigenvalue weighted by Gasteiger charge is 2.41. The molecule has 1 N–H and O–H groups in total. The first-order valence-electron chi connectivity index (χ1n) is 10.5. The Kier molecular flexibility index (Phi) is 6.31. The lowest BCUT2D eigenvalue weighted by molar-refractivity contribution is -0.384. The lowest BCUT2D eigenvalue weighted by atomic mass is 9.93. The van der Waals surface area contributed by atoms with Crippen LogP contribution in [0.15, 0.2) is 51.6 Å². The molecule has 0 bridgehead atoms. The minimum atomic E-state index is -0.682. The maximum absolute atomic E-state index is 12.9. The minimum absolute atomic E-state index is 0.0769. The normalized spacial score (nSPS) is 19.8. The van der Waals surface area contributed by atoms with Gasteiger partial charge in [-0.15, -0.1) is 0 Å². The second-order valence-corrected chi connectivity index (χ2v) is 8.73. The summed E-state index contributed by atoms with van der Waals surface area (Å²) >= 11 is 1.37. The molecule has 168 valence electrons. The number of esters is 1. The van der Waals surface area contributed by atoms with Crippen molar-refractivity contribution in [3.63, 3.8) is 0 Å². The number of nitrogens with zero attached hydrogens (tertiary/aromatic N) is 3. The number of ether oxygens (including phenoxy) is 1. The Morgan fingerprint density at radius 1 is 1.38 bits per heavy atom. The van der Waals surface area contributed by atoms with Gasteiger partial charge < -0.3 is 15.0 Å². The van der Waals surface area contributed by atoms with E-state index in [1.807, 2.05) is 10.3 Å². The minimum Gasteiger partial charge on any atom is -0.463 e. The van der Waals surface area contributed by atoms with Gasteiger partial charge in [0.15, 0.2) is 5.17 Å². The van der Waals surface area contributed by atoms with E-state index in [9.17, 15) is 19.7 Å². The number of nitrogens with one attached hydrogen (secondary N) is 1. The van der Waals surface area contributed by atoms with Crippen molar-refractivity contribution in [2.75, 3.05) is 13.2 Å². The zero-order chi connectivity index (χ0) is 22.8. The van der Waals surface area contributed by atoms with Gasteiger partial charge in [-0.25, -0.2) is 9.79 Å². The third-order valence-corrected chi connectivity index (χ3v) is 6.41. The van der Waals surface area contributed by atoms with Gasteiger partial charge in [-0.3, -0.25) is 14.9 Å². The molecule has 1 fully saturated rings. The van der Waals surface area contributed by atoms with E-state index in [2.05, 4.69) is 10.3 Å². The van der Waals surface area contributed by atoms with Crippen LogP contribution in [-0.2, 0) is 14.3 Å². The monoisotopic (exact) mass is 456 g/mol. The first kappa shape index (κ1) is 22.1. The molecule has 1 aliphatic carbocycles. The number of nitro benzene ring substituents is 1. The Balaban J connectivity index is 1.70. The van der Waals surface area contributed by atoms with Crippen LogP contribution in [0.3, 0.4) is 0 Å². The Morgan fingerprint density at radius 2 is 2.16 bits per heavy atom. The Morgan fingerprint density at radius 3 is 2.84 bits per heavy atom. The largest absolute Gasteiger partial charge is 0.463 e. The molecule has 0 radical (unpaired) electrons. The van der Waals surface area contributed by atoms with Crippen LogP contribution in [0.2, 0.25) is 0 Å². The maximum Gasteiger partial charge on any atom is 0.338 e. The number of carbonyl (C=O) groups excluding carboxylic acids is 2. The van der Waals surface area contributed by atoms with Crippen molar-refractivity contribution in [3.05, 3.63) is 62.3 Å². The van der Waals surface area contributed by atoms with Crippen LogP contribution in [0.25, 0.3) is 0 Å². The molecule has 9 nitrogen and oxygen atoms in total. The fourth-order valence-electron chi connectivity index (χ4n) is 3.77. The van der Waals surface area contributed by atoms with Crippen LogP contribution < -0.4 is 5.32 Å². The van der Waals surface area contributed by atoms with Crippen LogP contribution in [0.1, 0.15) is 44.7 Å². The predicted octanol–water partition coefficient (Wildman–Crippen LogP) is 3.65. The number of hydrogen-bond acceptors (Lipinski definition) is 8. The molecule has 0 saturated heterocycles. The number of hydrogen-bond donors (Lipinski definition) is 1. The first-order chi connectivity index (χ1) is 15.4. The van der Waals surface area contributed by atoms with Crippen molar-refractivity contribution in [1.29, 1.82) is 0 Å². The SMILES string of the molecule is CCOC(=O)C1=C(C)N=C2SC=C(CC(=O)NCC3CC3)N2[C@H]1c1cccc([N+](=O)[O-])c1. The van der Waals surface area contributed by atoms with Crippen molar-refractivity contribution in [3.8, 4) is 0 Å². The Hall–Kier alpha value is -3.14. The van der Waals surface area contributed by atoms with Gasteiger partial charge in [0.1, 0.15) is 0 Å². The molecule has 2 heterocycles. The lowest BCUT2D eigenvalue weighted by Gasteiger charge is -2.36. The number of carbonyl (C=O) groups is 2. The van der Waals surface area contributed by atoms with Gasteiger partial charge in [0, 0.05) is 24.4 Å². The second kappa shape index (κ2) is 9.15. The fourth-order valence-corrected chi connectivity index (χ4v) is 4.73. The highest BCUT2D eigenvalue weighted by molar-refractivity contribution is 8.16. The fraction of sp³-hybridized carbons (Fsp3) is 0.409. The number of amides is 1. The molecule has 1 amide bonds. The van der Waals surface area contributed by atoms with Crippen LogP contribution in [0.4, 0.5) is 5.69 Å². The predicted molar refractivity (Wildman–Crippen MR) is 120 cm³/mol. The molecule has 1 aromatic carbocycles. The summed E-state index contributed by atoms with van der Waals surface area (Å²) in [4.78, 5) is 42.8. The second-order valence-electron chi connectivity index (χ2n) is 7.89. The summed E-state index contributed by atoms with van der Waals surface area (Å²) in [5.74, 6) is -0.0675. The summed E-state index contributed by atoms with van der Waals surface area (Å²) in [7, 11) is 0. The van der Waals surface area contributed by atoms with E-state index in [-0.39, 0.29) is 24.6 Å². The quantitative estimate of drug-likeness (QED) is 0.361. The summed E-state index contributed by atoms with van der Waals surface area (Å²) < 4.78 is 5.29. The molecular formula is C22H24N4O5S. The van der Waals surface area contributed by atoms with Crippen LogP contribution in [-0.4, -0.2) is 40.0 Å². The van der Waals surface area contributed by atoms with Gasteiger partial charge in [0.2, 0.25) is 5.91 Å². The average Bonchev–Trinajstić information content (AvgIpc) is 3.52. The summed E-state index contributed by atoms with van der Waals surface area (Å²) in [6, 6.07) is 5.50. The van der Waals surface area contributed by atoms with Crippen LogP contribution in [0, 0.1) is 16.0 Å². The zero-order valence-corrected chi connectivity index (χ0v) is 18.7. The maximum atomic E-state index is 12.9. The van der Waals surface area contributed by atoms with E-state index in [0.29, 0.717) is 40.2 Å². The number of nitro groups is 1. The highest BCUT2D eigenvalue weighted by Crippen LogP contribution is 2.45. The third kappa shape index (κ3) is 4.55. The van der Waals surface area contributed by atoms with Crippen LogP contribution >= 0.6 is 11.8 Å². The lowest BCUT2D eigenvalue weighted by Crippen LogP contribution is -2.38. The van der Waals surface area contributed by atoms with Gasteiger partial charge in [-0.05, 0) is 43.6 Å². The molecule has 3 aliphatic rings. The van der Waals surface area contributed by atoms with Crippen molar-refractivity contribution in [2.24, 2.45) is 10.9 Å². The summed E-state index contributed by atoms with van der Waals surface area (Å²) in [5.41, 5.74) is 1.97. The molecule has 32 heavy (non-hydrogen) atoms. The van der Waals surface area contributed by atoms with Gasteiger partial charge >= 0.3 is 5.97 Å².